The summed E-state index contributed by atoms with van der Waals surface area (Å²) in [5.41, 5.74) is 4.37. The normalized spacial score (nSPS) is 12.0. The quantitative estimate of drug-likeness (QED) is 0.780. The molecule has 104 valence electrons. The lowest BCUT2D eigenvalue weighted by Crippen LogP contribution is -2.01. The highest BCUT2D eigenvalue weighted by Gasteiger charge is 2.08. The molecule has 0 bridgehead atoms. The Kier molecular flexibility index (Phi) is 4.08. The number of aliphatic hydroxyl groups excluding tert-OH is 1. The minimum atomic E-state index is -0.489. The van der Waals surface area contributed by atoms with Gasteiger partial charge in [0.1, 0.15) is 0 Å². The predicted molar refractivity (Wildman–Crippen MR) is 84.8 cm³/mol. The summed E-state index contributed by atoms with van der Waals surface area (Å²) in [6.07, 6.45) is 3.62. The lowest BCUT2D eigenvalue weighted by molar-refractivity contribution is 0.178. The number of benzene rings is 2. The fourth-order valence-corrected chi connectivity index (χ4v) is 2.39. The summed E-state index contributed by atoms with van der Waals surface area (Å²) >= 11 is 0. The van der Waals surface area contributed by atoms with E-state index in [0.29, 0.717) is 6.42 Å². The molecule has 0 amide bonds. The first-order valence-corrected chi connectivity index (χ1v) is 7.05. The molecular weight excluding hydrogens is 258 g/mol. The SMILES string of the molecule is OC(Cc1ccncc1)c1ccc(-c2ccccc2)cc1. The molecule has 0 fully saturated rings. The van der Waals surface area contributed by atoms with E-state index in [4.69, 9.17) is 0 Å². The van der Waals surface area contributed by atoms with Crippen LogP contribution >= 0.6 is 0 Å². The molecule has 1 unspecified atom stereocenters. The van der Waals surface area contributed by atoms with Crippen LogP contribution in [-0.4, -0.2) is 10.1 Å². The van der Waals surface area contributed by atoms with Crippen molar-refractivity contribution in [3.63, 3.8) is 0 Å². The van der Waals surface area contributed by atoms with E-state index in [1.807, 2.05) is 42.5 Å². The van der Waals surface area contributed by atoms with Crippen LogP contribution in [0.1, 0.15) is 17.2 Å². The van der Waals surface area contributed by atoms with Crippen LogP contribution in [0.2, 0.25) is 0 Å². The van der Waals surface area contributed by atoms with Crippen LogP contribution in [0.15, 0.2) is 79.1 Å². The van der Waals surface area contributed by atoms with Gasteiger partial charge in [-0.1, -0.05) is 54.6 Å². The minimum Gasteiger partial charge on any atom is -0.388 e. The number of nitrogens with zero attached hydrogens (tertiary/aromatic N) is 1. The van der Waals surface area contributed by atoms with Gasteiger partial charge in [0.15, 0.2) is 0 Å². The Morgan fingerprint density at radius 1 is 0.762 bits per heavy atom. The van der Waals surface area contributed by atoms with Gasteiger partial charge in [-0.15, -0.1) is 0 Å². The summed E-state index contributed by atoms with van der Waals surface area (Å²) in [5.74, 6) is 0. The van der Waals surface area contributed by atoms with Gasteiger partial charge in [0.05, 0.1) is 6.10 Å². The van der Waals surface area contributed by atoms with Crippen molar-refractivity contribution in [3.05, 3.63) is 90.3 Å². The highest BCUT2D eigenvalue weighted by atomic mass is 16.3. The summed E-state index contributed by atoms with van der Waals surface area (Å²) in [6, 6.07) is 22.2. The van der Waals surface area contributed by atoms with Gasteiger partial charge >= 0.3 is 0 Å². The molecule has 0 saturated carbocycles. The second-order valence-electron chi connectivity index (χ2n) is 5.06. The Morgan fingerprint density at radius 2 is 1.38 bits per heavy atom. The summed E-state index contributed by atoms with van der Waals surface area (Å²) in [5, 5.41) is 10.3. The monoisotopic (exact) mass is 275 g/mol. The average molecular weight is 275 g/mol. The van der Waals surface area contributed by atoms with Crippen molar-refractivity contribution in [3.8, 4) is 11.1 Å². The Hall–Kier alpha value is -2.45. The maximum atomic E-state index is 10.3. The minimum absolute atomic E-state index is 0.489. The van der Waals surface area contributed by atoms with Crippen molar-refractivity contribution >= 4 is 0 Å². The van der Waals surface area contributed by atoms with Crippen LogP contribution in [-0.2, 0) is 6.42 Å². The molecule has 2 aromatic carbocycles. The lowest BCUT2D eigenvalue weighted by Gasteiger charge is -2.12. The summed E-state index contributed by atoms with van der Waals surface area (Å²) in [4.78, 5) is 3.99. The van der Waals surface area contributed by atoms with Gasteiger partial charge in [-0.25, -0.2) is 0 Å². The number of aromatic nitrogens is 1. The smallest absolute Gasteiger partial charge is 0.0830 e. The Balaban J connectivity index is 1.75. The third-order valence-electron chi connectivity index (χ3n) is 3.58. The van der Waals surface area contributed by atoms with Gasteiger partial charge in [0.2, 0.25) is 0 Å². The number of pyridine rings is 1. The zero-order chi connectivity index (χ0) is 14.5. The number of hydrogen-bond donors (Lipinski definition) is 1. The number of aliphatic hydroxyl groups is 1. The second kappa shape index (κ2) is 6.33. The second-order valence-corrected chi connectivity index (χ2v) is 5.06. The molecule has 3 rings (SSSR count). The highest BCUT2D eigenvalue weighted by molar-refractivity contribution is 5.63. The molecule has 1 N–H and O–H groups in total. The van der Waals surface area contributed by atoms with Gasteiger partial charge in [-0.2, -0.15) is 0 Å². The van der Waals surface area contributed by atoms with Crippen molar-refractivity contribution < 1.29 is 5.11 Å². The van der Waals surface area contributed by atoms with Crippen LogP contribution < -0.4 is 0 Å². The van der Waals surface area contributed by atoms with Gasteiger partial charge in [-0.05, 0) is 34.4 Å². The molecule has 2 heteroatoms. The fraction of sp³-hybridized carbons (Fsp3) is 0.105. The third kappa shape index (κ3) is 3.36. The van der Waals surface area contributed by atoms with Crippen LogP contribution in [0.3, 0.4) is 0 Å². The molecule has 0 saturated heterocycles. The summed E-state index contributed by atoms with van der Waals surface area (Å²) in [6.45, 7) is 0. The van der Waals surface area contributed by atoms with Gasteiger partial charge in [0, 0.05) is 18.8 Å². The molecular formula is C19H17NO. The Morgan fingerprint density at radius 3 is 2.05 bits per heavy atom. The van der Waals surface area contributed by atoms with E-state index in [-0.39, 0.29) is 0 Å². The maximum Gasteiger partial charge on any atom is 0.0830 e. The molecule has 1 atom stereocenters. The molecule has 0 aliphatic heterocycles. The largest absolute Gasteiger partial charge is 0.388 e. The van der Waals surface area contributed by atoms with E-state index < -0.39 is 6.10 Å². The zero-order valence-electron chi connectivity index (χ0n) is 11.7. The van der Waals surface area contributed by atoms with E-state index in [0.717, 1.165) is 16.7 Å². The van der Waals surface area contributed by atoms with Crippen LogP contribution in [0, 0.1) is 0 Å². The summed E-state index contributed by atoms with van der Waals surface area (Å²) in [7, 11) is 0. The lowest BCUT2D eigenvalue weighted by atomic mass is 9.99. The van der Waals surface area contributed by atoms with Crippen molar-refractivity contribution in [1.82, 2.24) is 4.98 Å². The predicted octanol–water partition coefficient (Wildman–Crippen LogP) is 4.02. The van der Waals surface area contributed by atoms with E-state index in [2.05, 4.69) is 29.2 Å². The van der Waals surface area contributed by atoms with Crippen molar-refractivity contribution in [2.45, 2.75) is 12.5 Å². The molecule has 0 aliphatic rings. The molecule has 21 heavy (non-hydrogen) atoms. The number of hydrogen-bond acceptors (Lipinski definition) is 2. The first kappa shape index (κ1) is 13.5. The fourth-order valence-electron chi connectivity index (χ4n) is 2.39. The van der Waals surface area contributed by atoms with Gasteiger partial charge < -0.3 is 5.11 Å². The van der Waals surface area contributed by atoms with E-state index in [1.54, 1.807) is 12.4 Å². The van der Waals surface area contributed by atoms with E-state index in [9.17, 15) is 5.11 Å². The molecule has 0 spiro atoms. The molecule has 3 aromatic rings. The van der Waals surface area contributed by atoms with E-state index >= 15 is 0 Å². The number of rotatable bonds is 4. The van der Waals surface area contributed by atoms with Crippen LogP contribution in [0.4, 0.5) is 0 Å². The van der Waals surface area contributed by atoms with E-state index in [1.165, 1.54) is 5.56 Å². The van der Waals surface area contributed by atoms with Crippen LogP contribution in [0.25, 0.3) is 11.1 Å². The molecule has 0 radical (unpaired) electrons. The topological polar surface area (TPSA) is 33.1 Å². The first-order valence-electron chi connectivity index (χ1n) is 7.05. The molecule has 0 aliphatic carbocycles. The third-order valence-corrected chi connectivity index (χ3v) is 3.58. The van der Waals surface area contributed by atoms with Crippen molar-refractivity contribution in [1.29, 1.82) is 0 Å². The van der Waals surface area contributed by atoms with Gasteiger partial charge in [0.25, 0.3) is 0 Å². The highest BCUT2D eigenvalue weighted by Crippen LogP contribution is 2.23. The average Bonchev–Trinajstić information content (AvgIpc) is 2.57. The molecule has 1 heterocycles. The zero-order valence-corrected chi connectivity index (χ0v) is 11.7. The molecule has 1 aromatic heterocycles. The van der Waals surface area contributed by atoms with Crippen LogP contribution in [0.5, 0.6) is 0 Å². The maximum absolute atomic E-state index is 10.3. The van der Waals surface area contributed by atoms with Gasteiger partial charge in [-0.3, -0.25) is 4.98 Å². The molecule has 2 nitrogen and oxygen atoms in total. The first-order chi connectivity index (χ1) is 10.3. The Labute approximate surface area is 124 Å². The van der Waals surface area contributed by atoms with Crippen molar-refractivity contribution in [2.75, 3.05) is 0 Å². The Bertz CT molecular complexity index is 678. The standard InChI is InChI=1S/C19H17NO/c21-19(14-15-10-12-20-13-11-15)18-8-6-17(7-9-18)16-4-2-1-3-5-16/h1-13,19,21H,14H2. The van der Waals surface area contributed by atoms with Crippen molar-refractivity contribution in [2.24, 2.45) is 0 Å². The summed E-state index contributed by atoms with van der Waals surface area (Å²) < 4.78 is 0.